The highest BCUT2D eigenvalue weighted by atomic mass is 79.9. The molecule has 0 atom stereocenters. The van der Waals surface area contributed by atoms with Gasteiger partial charge in [0, 0.05) is 16.3 Å². The predicted octanol–water partition coefficient (Wildman–Crippen LogP) is 3.85. The molecule has 1 aliphatic rings. The van der Waals surface area contributed by atoms with Gasteiger partial charge < -0.3 is 4.74 Å². The molecule has 5 heteroatoms. The van der Waals surface area contributed by atoms with E-state index in [1.54, 1.807) is 25.1 Å². The van der Waals surface area contributed by atoms with E-state index in [2.05, 4.69) is 15.9 Å². The highest BCUT2D eigenvalue weighted by Crippen LogP contribution is 2.43. The summed E-state index contributed by atoms with van der Waals surface area (Å²) in [6.07, 6.45) is 3.46. The van der Waals surface area contributed by atoms with Crippen LogP contribution in [0.2, 0.25) is 0 Å². The fourth-order valence-electron chi connectivity index (χ4n) is 2.21. The van der Waals surface area contributed by atoms with Crippen molar-refractivity contribution in [3.63, 3.8) is 0 Å². The summed E-state index contributed by atoms with van der Waals surface area (Å²) in [6.45, 7) is 2.27. The smallest absolute Gasteiger partial charge is 0.313 e. The number of nitro groups is 1. The molecule has 4 nitrogen and oxygen atoms in total. The third-order valence-corrected chi connectivity index (χ3v) is 4.80. The number of alkyl halides is 1. The Morgan fingerprint density at radius 2 is 2.22 bits per heavy atom. The first-order valence-corrected chi connectivity index (χ1v) is 7.13. The van der Waals surface area contributed by atoms with Crippen molar-refractivity contribution in [2.24, 2.45) is 5.41 Å². The number of hydrogen-bond donors (Lipinski definition) is 0. The van der Waals surface area contributed by atoms with Crippen LogP contribution in [-0.2, 0) is 0 Å². The molecule has 1 aromatic carbocycles. The number of para-hydroxylation sites is 1. The molecular weight excluding hydrogens is 298 g/mol. The fourth-order valence-corrected chi connectivity index (χ4v) is 2.93. The Bertz CT molecular complexity index is 452. The zero-order chi connectivity index (χ0) is 13.2. The second kappa shape index (κ2) is 5.26. The Morgan fingerprint density at radius 3 is 2.72 bits per heavy atom. The van der Waals surface area contributed by atoms with Crippen LogP contribution in [0.5, 0.6) is 5.75 Å². The number of ether oxygens (including phenoxy) is 1. The van der Waals surface area contributed by atoms with E-state index in [4.69, 9.17) is 4.74 Å². The van der Waals surface area contributed by atoms with Crippen LogP contribution in [0.25, 0.3) is 0 Å². The zero-order valence-corrected chi connectivity index (χ0v) is 11.9. The number of halogens is 1. The molecule has 2 rings (SSSR count). The molecule has 0 aromatic heterocycles. The number of hydrogen-bond acceptors (Lipinski definition) is 3. The normalized spacial score (nSPS) is 17.0. The lowest BCUT2D eigenvalue weighted by atomic mass is 9.71. The lowest BCUT2D eigenvalue weighted by Gasteiger charge is -2.39. The average molecular weight is 314 g/mol. The van der Waals surface area contributed by atoms with Gasteiger partial charge in [0.1, 0.15) is 0 Å². The Hall–Kier alpha value is -1.10. The van der Waals surface area contributed by atoms with E-state index in [9.17, 15) is 10.1 Å². The number of benzene rings is 1. The van der Waals surface area contributed by atoms with E-state index in [1.807, 2.05) is 0 Å². The third-order valence-electron chi connectivity index (χ3n) is 3.61. The van der Waals surface area contributed by atoms with Crippen molar-refractivity contribution in [2.75, 3.05) is 11.9 Å². The van der Waals surface area contributed by atoms with Crippen molar-refractivity contribution in [1.29, 1.82) is 0 Å². The summed E-state index contributed by atoms with van der Waals surface area (Å²) < 4.78 is 5.71. The van der Waals surface area contributed by atoms with Gasteiger partial charge in [0.2, 0.25) is 0 Å². The Kier molecular flexibility index (Phi) is 3.90. The minimum Gasteiger partial charge on any atom is -0.486 e. The first-order valence-electron chi connectivity index (χ1n) is 6.01. The van der Waals surface area contributed by atoms with E-state index in [0.29, 0.717) is 17.9 Å². The molecule has 0 heterocycles. The molecule has 0 radical (unpaired) electrons. The van der Waals surface area contributed by atoms with Crippen LogP contribution in [0, 0.1) is 22.5 Å². The van der Waals surface area contributed by atoms with Crippen LogP contribution in [0.1, 0.15) is 24.8 Å². The van der Waals surface area contributed by atoms with Crippen molar-refractivity contribution >= 4 is 21.6 Å². The number of rotatable bonds is 5. The van der Waals surface area contributed by atoms with Crippen LogP contribution in [0.15, 0.2) is 18.2 Å². The molecule has 0 amide bonds. The minimum absolute atomic E-state index is 0.0848. The van der Waals surface area contributed by atoms with Gasteiger partial charge in [-0.15, -0.1) is 0 Å². The maximum Gasteiger partial charge on any atom is 0.313 e. The van der Waals surface area contributed by atoms with Gasteiger partial charge in [-0.2, -0.15) is 0 Å². The lowest BCUT2D eigenvalue weighted by Crippen LogP contribution is -2.37. The van der Waals surface area contributed by atoms with Crippen LogP contribution < -0.4 is 4.74 Å². The highest BCUT2D eigenvalue weighted by Gasteiger charge is 2.37. The van der Waals surface area contributed by atoms with Gasteiger partial charge in [-0.05, 0) is 25.8 Å². The van der Waals surface area contributed by atoms with Gasteiger partial charge in [0.25, 0.3) is 0 Å². The summed E-state index contributed by atoms with van der Waals surface area (Å²) in [7, 11) is 0. The molecule has 0 N–H and O–H groups in total. The topological polar surface area (TPSA) is 52.4 Å². The average Bonchev–Trinajstić information content (AvgIpc) is 2.27. The van der Waals surface area contributed by atoms with Gasteiger partial charge in [0.05, 0.1) is 11.5 Å². The van der Waals surface area contributed by atoms with Gasteiger partial charge >= 0.3 is 5.69 Å². The summed E-state index contributed by atoms with van der Waals surface area (Å²) in [5.41, 5.74) is 0.887. The monoisotopic (exact) mass is 313 g/mol. The Balaban J connectivity index is 2.14. The second-order valence-corrected chi connectivity index (χ2v) is 5.52. The largest absolute Gasteiger partial charge is 0.486 e. The summed E-state index contributed by atoms with van der Waals surface area (Å²) in [4.78, 5) is 10.7. The van der Waals surface area contributed by atoms with Crippen LogP contribution in [0.3, 0.4) is 0 Å². The first kappa shape index (κ1) is 13.3. The highest BCUT2D eigenvalue weighted by molar-refractivity contribution is 9.09. The van der Waals surface area contributed by atoms with E-state index >= 15 is 0 Å². The maximum atomic E-state index is 11.0. The van der Waals surface area contributed by atoms with E-state index < -0.39 is 0 Å². The summed E-state index contributed by atoms with van der Waals surface area (Å²) in [5, 5.41) is 11.9. The summed E-state index contributed by atoms with van der Waals surface area (Å²) in [6, 6.07) is 5.19. The Morgan fingerprint density at radius 1 is 1.50 bits per heavy atom. The maximum absolute atomic E-state index is 11.0. The van der Waals surface area contributed by atoms with Gasteiger partial charge in [-0.1, -0.05) is 34.5 Å². The van der Waals surface area contributed by atoms with Gasteiger partial charge in [0.15, 0.2) is 5.75 Å². The standard InChI is InChI=1S/C13H16BrNO3/c1-10-4-2-5-11(12(10)15(16)17)18-9-13(8-14)6-3-7-13/h2,4-5H,3,6-9H2,1H3. The molecule has 1 saturated carbocycles. The molecule has 0 spiro atoms. The molecule has 18 heavy (non-hydrogen) atoms. The molecule has 0 unspecified atom stereocenters. The predicted molar refractivity (Wildman–Crippen MR) is 73.4 cm³/mol. The SMILES string of the molecule is Cc1cccc(OCC2(CBr)CCC2)c1[N+](=O)[O-]. The van der Waals surface area contributed by atoms with Crippen molar-refractivity contribution in [1.82, 2.24) is 0 Å². The van der Waals surface area contributed by atoms with Crippen molar-refractivity contribution in [3.05, 3.63) is 33.9 Å². The molecule has 1 aliphatic carbocycles. The van der Waals surface area contributed by atoms with Crippen molar-refractivity contribution in [2.45, 2.75) is 26.2 Å². The van der Waals surface area contributed by atoms with Crippen molar-refractivity contribution in [3.8, 4) is 5.75 Å². The molecule has 98 valence electrons. The summed E-state index contributed by atoms with van der Waals surface area (Å²) in [5.74, 6) is 0.382. The molecular formula is C13H16BrNO3. The van der Waals surface area contributed by atoms with Crippen LogP contribution in [-0.4, -0.2) is 16.9 Å². The van der Waals surface area contributed by atoms with Gasteiger partial charge in [-0.25, -0.2) is 0 Å². The second-order valence-electron chi connectivity index (χ2n) is 4.95. The molecule has 0 aliphatic heterocycles. The molecule has 1 aromatic rings. The van der Waals surface area contributed by atoms with Gasteiger partial charge in [-0.3, -0.25) is 10.1 Å². The fraction of sp³-hybridized carbons (Fsp3) is 0.538. The summed E-state index contributed by atoms with van der Waals surface area (Å²) >= 11 is 3.50. The van der Waals surface area contributed by atoms with E-state index in [0.717, 1.165) is 18.2 Å². The first-order chi connectivity index (χ1) is 8.58. The molecule has 0 bridgehead atoms. The molecule has 1 fully saturated rings. The zero-order valence-electron chi connectivity index (χ0n) is 10.3. The molecule has 0 saturated heterocycles. The van der Waals surface area contributed by atoms with Crippen LogP contribution in [0.4, 0.5) is 5.69 Å². The lowest BCUT2D eigenvalue weighted by molar-refractivity contribution is -0.386. The van der Waals surface area contributed by atoms with Crippen molar-refractivity contribution < 1.29 is 9.66 Å². The number of aryl methyl sites for hydroxylation is 1. The van der Waals surface area contributed by atoms with E-state index in [-0.39, 0.29) is 16.0 Å². The number of nitrogens with zero attached hydrogens (tertiary/aromatic N) is 1. The van der Waals surface area contributed by atoms with Crippen LogP contribution >= 0.6 is 15.9 Å². The quantitative estimate of drug-likeness (QED) is 0.471. The van der Waals surface area contributed by atoms with E-state index in [1.165, 1.54) is 6.42 Å². The third kappa shape index (κ3) is 2.51. The minimum atomic E-state index is -0.369. The number of nitro benzene ring substituents is 1. The Labute approximate surface area is 115 Å².